The van der Waals surface area contributed by atoms with Crippen molar-refractivity contribution < 1.29 is 18.3 Å². The Hall–Kier alpha value is -2.64. The molecule has 0 aliphatic heterocycles. The van der Waals surface area contributed by atoms with Crippen molar-refractivity contribution in [3.05, 3.63) is 30.2 Å². The summed E-state index contributed by atoms with van der Waals surface area (Å²) >= 11 is 0. The molecule has 2 heterocycles. The molecule has 0 spiro atoms. The van der Waals surface area contributed by atoms with E-state index in [4.69, 9.17) is 5.73 Å². The van der Waals surface area contributed by atoms with Gasteiger partial charge in [0.15, 0.2) is 11.6 Å². The van der Waals surface area contributed by atoms with E-state index in [1.807, 2.05) is 0 Å². The number of halogens is 2. The molecule has 0 bridgehead atoms. The van der Waals surface area contributed by atoms with Gasteiger partial charge in [0.05, 0.1) is 11.4 Å². The summed E-state index contributed by atoms with van der Waals surface area (Å²) in [4.78, 5) is 23.3. The average Bonchev–Trinajstić information content (AvgIpc) is 2.46. The molecule has 8 heteroatoms. The lowest BCUT2D eigenvalue weighted by atomic mass is 9.81. The van der Waals surface area contributed by atoms with Crippen LogP contribution in [-0.2, 0) is 4.79 Å². The predicted octanol–water partition coefficient (Wildman–Crippen LogP) is 2.17. The van der Waals surface area contributed by atoms with Gasteiger partial charge in [-0.3, -0.25) is 4.79 Å². The van der Waals surface area contributed by atoms with Crippen molar-refractivity contribution in [1.82, 2.24) is 15.0 Å². The van der Waals surface area contributed by atoms with E-state index < -0.39 is 6.61 Å². The van der Waals surface area contributed by atoms with Crippen LogP contribution in [0.15, 0.2) is 24.5 Å². The standard InChI is InChI=1S/C14H12F2N4O2/c15-14(16)22-12-2-1-9(20-13(12)17)11-5-10(18-6-19-11)7-3-8(21)4-7/h1-2,5-7,14H,3-4H2,(H2,17,20). The van der Waals surface area contributed by atoms with Gasteiger partial charge in [-0.2, -0.15) is 8.78 Å². The molecule has 1 saturated carbocycles. The highest BCUT2D eigenvalue weighted by Gasteiger charge is 2.29. The number of ketones is 1. The first-order chi connectivity index (χ1) is 10.5. The quantitative estimate of drug-likeness (QED) is 0.931. The number of nitrogens with zero attached hydrogens (tertiary/aromatic N) is 3. The summed E-state index contributed by atoms with van der Waals surface area (Å²) in [6.07, 6.45) is 2.34. The van der Waals surface area contributed by atoms with E-state index in [1.54, 1.807) is 6.07 Å². The van der Waals surface area contributed by atoms with Crippen LogP contribution < -0.4 is 10.5 Å². The molecule has 0 amide bonds. The number of carbonyl (C=O) groups is 1. The van der Waals surface area contributed by atoms with E-state index in [1.165, 1.54) is 18.5 Å². The lowest BCUT2D eigenvalue weighted by molar-refractivity contribution is -0.124. The number of alkyl halides is 2. The summed E-state index contributed by atoms with van der Waals surface area (Å²) in [7, 11) is 0. The normalized spacial score (nSPS) is 15.0. The Balaban J connectivity index is 1.86. The van der Waals surface area contributed by atoms with Crippen LogP contribution in [0.3, 0.4) is 0 Å². The van der Waals surface area contributed by atoms with Gasteiger partial charge in [-0.15, -0.1) is 0 Å². The number of pyridine rings is 1. The molecule has 2 aromatic heterocycles. The van der Waals surface area contributed by atoms with Crippen LogP contribution in [0.5, 0.6) is 5.75 Å². The fourth-order valence-electron chi connectivity index (χ4n) is 2.24. The Labute approximate surface area is 124 Å². The van der Waals surface area contributed by atoms with Crippen LogP contribution in [0.1, 0.15) is 24.5 Å². The number of hydrogen-bond donors (Lipinski definition) is 1. The van der Waals surface area contributed by atoms with Gasteiger partial charge in [0.2, 0.25) is 0 Å². The molecular formula is C14H12F2N4O2. The van der Waals surface area contributed by atoms with Gasteiger partial charge < -0.3 is 10.5 Å². The zero-order valence-electron chi connectivity index (χ0n) is 11.4. The first kappa shape index (κ1) is 14.3. The number of rotatable bonds is 4. The van der Waals surface area contributed by atoms with Crippen LogP contribution >= 0.6 is 0 Å². The first-order valence-electron chi connectivity index (χ1n) is 6.58. The molecule has 6 nitrogen and oxygen atoms in total. The minimum atomic E-state index is -2.96. The number of nitrogens with two attached hydrogens (primary N) is 1. The fourth-order valence-corrected chi connectivity index (χ4v) is 2.24. The summed E-state index contributed by atoms with van der Waals surface area (Å²) < 4.78 is 28.6. The van der Waals surface area contributed by atoms with Gasteiger partial charge in [0.25, 0.3) is 0 Å². The molecule has 22 heavy (non-hydrogen) atoms. The van der Waals surface area contributed by atoms with Crippen LogP contribution in [0, 0.1) is 0 Å². The number of Topliss-reactive ketones (excluding diaryl/α,β-unsaturated/α-hetero) is 1. The summed E-state index contributed by atoms with van der Waals surface area (Å²) in [5.74, 6) is -0.0107. The highest BCUT2D eigenvalue weighted by molar-refractivity contribution is 5.86. The summed E-state index contributed by atoms with van der Waals surface area (Å²) in [5, 5.41) is 0. The highest BCUT2D eigenvalue weighted by Crippen LogP contribution is 2.33. The number of hydrogen-bond acceptors (Lipinski definition) is 6. The van der Waals surface area contributed by atoms with E-state index in [0.29, 0.717) is 24.2 Å². The van der Waals surface area contributed by atoms with Crippen molar-refractivity contribution in [1.29, 1.82) is 0 Å². The topological polar surface area (TPSA) is 91.0 Å². The maximum absolute atomic E-state index is 12.2. The molecule has 1 aliphatic carbocycles. The van der Waals surface area contributed by atoms with E-state index in [9.17, 15) is 13.6 Å². The number of anilines is 1. The predicted molar refractivity (Wildman–Crippen MR) is 73.3 cm³/mol. The second-order valence-corrected chi connectivity index (χ2v) is 4.93. The van der Waals surface area contributed by atoms with Crippen molar-refractivity contribution in [3.63, 3.8) is 0 Å². The fraction of sp³-hybridized carbons (Fsp3) is 0.286. The van der Waals surface area contributed by atoms with Gasteiger partial charge in [-0.05, 0) is 18.2 Å². The molecule has 0 aromatic carbocycles. The van der Waals surface area contributed by atoms with Crippen molar-refractivity contribution in [2.45, 2.75) is 25.4 Å². The van der Waals surface area contributed by atoms with Crippen LogP contribution in [-0.4, -0.2) is 27.3 Å². The number of ether oxygens (including phenoxy) is 1. The smallest absolute Gasteiger partial charge is 0.387 e. The molecule has 1 aliphatic rings. The third kappa shape index (κ3) is 2.85. The molecule has 0 radical (unpaired) electrons. The minimum Gasteiger partial charge on any atom is -0.431 e. The van der Waals surface area contributed by atoms with Crippen molar-refractivity contribution in [2.24, 2.45) is 0 Å². The van der Waals surface area contributed by atoms with Crippen molar-refractivity contribution in [3.8, 4) is 17.1 Å². The third-order valence-electron chi connectivity index (χ3n) is 3.42. The third-order valence-corrected chi connectivity index (χ3v) is 3.42. The number of carbonyl (C=O) groups excluding carboxylic acids is 1. The van der Waals surface area contributed by atoms with Gasteiger partial charge >= 0.3 is 6.61 Å². The lowest BCUT2D eigenvalue weighted by Crippen LogP contribution is -2.22. The summed E-state index contributed by atoms with van der Waals surface area (Å²) in [6.45, 7) is -2.96. The first-order valence-corrected chi connectivity index (χ1v) is 6.58. The second kappa shape index (κ2) is 5.63. The molecule has 0 saturated heterocycles. The zero-order valence-corrected chi connectivity index (χ0v) is 11.4. The highest BCUT2D eigenvalue weighted by atomic mass is 19.3. The largest absolute Gasteiger partial charge is 0.431 e. The SMILES string of the molecule is Nc1nc(-c2cc(C3CC(=O)C3)ncn2)ccc1OC(F)F. The molecule has 0 atom stereocenters. The van der Waals surface area contributed by atoms with Crippen molar-refractivity contribution in [2.75, 3.05) is 5.73 Å². The Morgan fingerprint density at radius 3 is 2.64 bits per heavy atom. The average molecular weight is 306 g/mol. The second-order valence-electron chi connectivity index (χ2n) is 4.93. The van der Waals surface area contributed by atoms with Gasteiger partial charge in [0.1, 0.15) is 12.1 Å². The van der Waals surface area contributed by atoms with E-state index in [2.05, 4.69) is 19.7 Å². The molecule has 0 unspecified atom stereocenters. The number of nitrogen functional groups attached to an aromatic ring is 1. The Kier molecular flexibility index (Phi) is 3.66. The molecular weight excluding hydrogens is 294 g/mol. The Bertz CT molecular complexity index is 716. The molecule has 114 valence electrons. The van der Waals surface area contributed by atoms with Crippen LogP contribution in [0.25, 0.3) is 11.4 Å². The van der Waals surface area contributed by atoms with E-state index >= 15 is 0 Å². The lowest BCUT2D eigenvalue weighted by Gasteiger charge is -2.23. The van der Waals surface area contributed by atoms with Crippen molar-refractivity contribution >= 4 is 11.6 Å². The molecule has 3 rings (SSSR count). The number of aromatic nitrogens is 3. The van der Waals surface area contributed by atoms with E-state index in [-0.39, 0.29) is 23.3 Å². The minimum absolute atomic E-state index is 0.105. The van der Waals surface area contributed by atoms with Gasteiger partial charge in [-0.25, -0.2) is 15.0 Å². The maximum Gasteiger partial charge on any atom is 0.387 e. The Morgan fingerprint density at radius 1 is 1.23 bits per heavy atom. The molecule has 2 aromatic rings. The Morgan fingerprint density at radius 2 is 2.00 bits per heavy atom. The molecule has 1 fully saturated rings. The summed E-state index contributed by atoms with van der Waals surface area (Å²) in [6, 6.07) is 4.54. The van der Waals surface area contributed by atoms with Gasteiger partial charge in [0, 0.05) is 24.5 Å². The molecule has 2 N–H and O–H groups in total. The zero-order chi connectivity index (χ0) is 15.7. The summed E-state index contributed by atoms with van der Waals surface area (Å²) in [5.41, 5.74) is 7.30. The van der Waals surface area contributed by atoms with E-state index in [0.717, 1.165) is 5.69 Å². The van der Waals surface area contributed by atoms with Crippen LogP contribution in [0.4, 0.5) is 14.6 Å². The van der Waals surface area contributed by atoms with Crippen LogP contribution in [0.2, 0.25) is 0 Å². The van der Waals surface area contributed by atoms with Gasteiger partial charge in [-0.1, -0.05) is 0 Å². The monoisotopic (exact) mass is 306 g/mol. The maximum atomic E-state index is 12.2.